The number of rotatable bonds is 2. The molecule has 0 heterocycles. The first-order valence-electron chi connectivity index (χ1n) is 4.46. The third-order valence-corrected chi connectivity index (χ3v) is 2.41. The van der Waals surface area contributed by atoms with Crippen LogP contribution in [-0.4, -0.2) is 7.11 Å². The monoisotopic (exact) mass is 162 g/mol. The van der Waals surface area contributed by atoms with E-state index in [0.29, 0.717) is 0 Å². The van der Waals surface area contributed by atoms with Gasteiger partial charge in [0, 0.05) is 0 Å². The highest BCUT2D eigenvalue weighted by Crippen LogP contribution is 2.44. The van der Waals surface area contributed by atoms with Crippen molar-refractivity contribution in [2.24, 2.45) is 0 Å². The van der Waals surface area contributed by atoms with Crippen LogP contribution in [0.1, 0.15) is 29.9 Å². The third kappa shape index (κ3) is 1.31. The van der Waals surface area contributed by atoms with Gasteiger partial charge in [0.15, 0.2) is 0 Å². The van der Waals surface area contributed by atoms with E-state index in [1.54, 1.807) is 7.11 Å². The molecule has 1 nitrogen and oxygen atoms in total. The number of hydrogen-bond acceptors (Lipinski definition) is 1. The maximum atomic E-state index is 5.33. The average Bonchev–Trinajstić information content (AvgIpc) is 2.87. The van der Waals surface area contributed by atoms with Crippen LogP contribution in [0.15, 0.2) is 18.2 Å². The van der Waals surface area contributed by atoms with Crippen LogP contribution >= 0.6 is 0 Å². The van der Waals surface area contributed by atoms with Gasteiger partial charge in [0.1, 0.15) is 5.75 Å². The summed E-state index contributed by atoms with van der Waals surface area (Å²) in [4.78, 5) is 0. The molecule has 2 rings (SSSR count). The Morgan fingerprint density at radius 1 is 1.33 bits per heavy atom. The largest absolute Gasteiger partial charge is 0.496 e. The fraction of sp³-hybridized carbons (Fsp3) is 0.455. The molecule has 0 atom stereocenters. The van der Waals surface area contributed by atoms with Gasteiger partial charge in [-0.05, 0) is 42.9 Å². The molecule has 0 amide bonds. The van der Waals surface area contributed by atoms with Gasteiger partial charge < -0.3 is 4.74 Å². The molecule has 0 radical (unpaired) electrons. The summed E-state index contributed by atoms with van der Waals surface area (Å²) in [6, 6.07) is 6.48. The lowest BCUT2D eigenvalue weighted by Gasteiger charge is -2.07. The lowest BCUT2D eigenvalue weighted by Crippen LogP contribution is -1.90. The molecule has 1 aromatic rings. The minimum Gasteiger partial charge on any atom is -0.496 e. The van der Waals surface area contributed by atoms with Crippen molar-refractivity contribution in [3.05, 3.63) is 29.3 Å². The third-order valence-electron chi connectivity index (χ3n) is 2.41. The van der Waals surface area contributed by atoms with E-state index < -0.39 is 0 Å². The van der Waals surface area contributed by atoms with Crippen molar-refractivity contribution in [2.75, 3.05) is 7.11 Å². The van der Waals surface area contributed by atoms with Gasteiger partial charge in [-0.2, -0.15) is 0 Å². The number of ether oxygens (including phenoxy) is 1. The number of hydrogen-bond donors (Lipinski definition) is 0. The molecule has 1 fully saturated rings. The van der Waals surface area contributed by atoms with Crippen molar-refractivity contribution in [3.8, 4) is 5.75 Å². The summed E-state index contributed by atoms with van der Waals surface area (Å²) in [6.45, 7) is 2.10. The van der Waals surface area contributed by atoms with E-state index >= 15 is 0 Å². The molecule has 1 saturated carbocycles. The number of methoxy groups -OCH3 is 1. The van der Waals surface area contributed by atoms with E-state index in [0.717, 1.165) is 11.7 Å². The first-order valence-corrected chi connectivity index (χ1v) is 4.46. The highest BCUT2D eigenvalue weighted by atomic mass is 16.5. The molecule has 1 aromatic carbocycles. The predicted molar refractivity (Wildman–Crippen MR) is 49.7 cm³/mol. The van der Waals surface area contributed by atoms with Crippen LogP contribution < -0.4 is 4.74 Å². The zero-order chi connectivity index (χ0) is 8.55. The van der Waals surface area contributed by atoms with Crippen molar-refractivity contribution >= 4 is 0 Å². The molecule has 64 valence electrons. The molecule has 0 bridgehead atoms. The lowest BCUT2D eigenvalue weighted by molar-refractivity contribution is 0.409. The molecular formula is C11H14O. The summed E-state index contributed by atoms with van der Waals surface area (Å²) in [6.07, 6.45) is 2.67. The second-order valence-electron chi connectivity index (χ2n) is 3.52. The van der Waals surface area contributed by atoms with Crippen LogP contribution in [-0.2, 0) is 0 Å². The van der Waals surface area contributed by atoms with Crippen molar-refractivity contribution in [1.82, 2.24) is 0 Å². The molecule has 1 heteroatoms. The number of benzene rings is 1. The Morgan fingerprint density at radius 2 is 2.08 bits per heavy atom. The van der Waals surface area contributed by atoms with Crippen LogP contribution in [0.3, 0.4) is 0 Å². The zero-order valence-electron chi connectivity index (χ0n) is 7.63. The topological polar surface area (TPSA) is 9.23 Å². The minimum atomic E-state index is 0.778. The van der Waals surface area contributed by atoms with Gasteiger partial charge >= 0.3 is 0 Å². The molecule has 0 aliphatic heterocycles. The van der Waals surface area contributed by atoms with E-state index in [4.69, 9.17) is 4.74 Å². The second-order valence-corrected chi connectivity index (χ2v) is 3.52. The fourth-order valence-electron chi connectivity index (χ4n) is 1.55. The summed E-state index contributed by atoms with van der Waals surface area (Å²) >= 11 is 0. The quantitative estimate of drug-likeness (QED) is 0.649. The van der Waals surface area contributed by atoms with Gasteiger partial charge in [-0.1, -0.05) is 12.1 Å². The number of aryl methyl sites for hydroxylation is 1. The fourth-order valence-corrected chi connectivity index (χ4v) is 1.55. The van der Waals surface area contributed by atoms with Crippen molar-refractivity contribution in [1.29, 1.82) is 0 Å². The Balaban J connectivity index is 2.38. The van der Waals surface area contributed by atoms with Gasteiger partial charge in [0.05, 0.1) is 7.11 Å². The summed E-state index contributed by atoms with van der Waals surface area (Å²) < 4.78 is 5.33. The Bertz CT molecular complexity index is 287. The first kappa shape index (κ1) is 7.66. The molecule has 12 heavy (non-hydrogen) atoms. The average molecular weight is 162 g/mol. The Labute approximate surface area is 73.4 Å². The minimum absolute atomic E-state index is 0.778. The van der Waals surface area contributed by atoms with E-state index in [1.165, 1.54) is 24.0 Å². The highest BCUT2D eigenvalue weighted by Gasteiger charge is 2.26. The zero-order valence-corrected chi connectivity index (χ0v) is 7.63. The van der Waals surface area contributed by atoms with Crippen molar-refractivity contribution in [3.63, 3.8) is 0 Å². The van der Waals surface area contributed by atoms with Gasteiger partial charge in [0.2, 0.25) is 0 Å². The first-order chi connectivity index (χ1) is 5.81. The molecule has 0 saturated heterocycles. The Morgan fingerprint density at radius 3 is 2.67 bits per heavy atom. The summed E-state index contributed by atoms with van der Waals surface area (Å²) in [5.41, 5.74) is 2.67. The van der Waals surface area contributed by atoms with Gasteiger partial charge in [0.25, 0.3) is 0 Å². The predicted octanol–water partition coefficient (Wildman–Crippen LogP) is 2.88. The molecule has 1 aliphatic rings. The van der Waals surface area contributed by atoms with Crippen LogP contribution in [0, 0.1) is 6.92 Å². The molecule has 0 unspecified atom stereocenters. The molecular weight excluding hydrogens is 148 g/mol. The normalized spacial score (nSPS) is 16.2. The Kier molecular flexibility index (Phi) is 1.80. The van der Waals surface area contributed by atoms with Crippen LogP contribution in [0.5, 0.6) is 5.75 Å². The van der Waals surface area contributed by atoms with Gasteiger partial charge in [-0.25, -0.2) is 0 Å². The standard InChI is InChI=1S/C11H14O/c1-8-3-6-10(9-4-5-9)11(7-8)12-2/h3,6-7,9H,4-5H2,1-2H3. The van der Waals surface area contributed by atoms with Crippen LogP contribution in [0.4, 0.5) is 0 Å². The maximum absolute atomic E-state index is 5.33. The summed E-state index contributed by atoms with van der Waals surface area (Å²) in [7, 11) is 1.75. The lowest BCUT2D eigenvalue weighted by atomic mass is 10.1. The van der Waals surface area contributed by atoms with E-state index in [1.807, 2.05) is 0 Å². The smallest absolute Gasteiger partial charge is 0.122 e. The highest BCUT2D eigenvalue weighted by molar-refractivity contribution is 5.41. The van der Waals surface area contributed by atoms with Crippen molar-refractivity contribution in [2.45, 2.75) is 25.7 Å². The van der Waals surface area contributed by atoms with Crippen LogP contribution in [0.25, 0.3) is 0 Å². The van der Waals surface area contributed by atoms with Gasteiger partial charge in [-0.3, -0.25) is 0 Å². The van der Waals surface area contributed by atoms with Crippen LogP contribution in [0.2, 0.25) is 0 Å². The molecule has 1 aliphatic carbocycles. The van der Waals surface area contributed by atoms with E-state index in [9.17, 15) is 0 Å². The van der Waals surface area contributed by atoms with Crippen molar-refractivity contribution < 1.29 is 4.74 Å². The second kappa shape index (κ2) is 2.81. The maximum Gasteiger partial charge on any atom is 0.122 e. The van der Waals surface area contributed by atoms with E-state index in [-0.39, 0.29) is 0 Å². The van der Waals surface area contributed by atoms with E-state index in [2.05, 4.69) is 25.1 Å². The molecule has 0 aromatic heterocycles. The summed E-state index contributed by atoms with van der Waals surface area (Å²) in [5.74, 6) is 1.85. The molecule has 0 N–H and O–H groups in total. The Hall–Kier alpha value is -0.980. The SMILES string of the molecule is COc1cc(C)ccc1C1CC1. The van der Waals surface area contributed by atoms with Gasteiger partial charge in [-0.15, -0.1) is 0 Å². The summed E-state index contributed by atoms with van der Waals surface area (Å²) in [5, 5.41) is 0. The molecule has 0 spiro atoms.